The number of hydrogen-bond acceptors (Lipinski definition) is 2. The van der Waals surface area contributed by atoms with Gasteiger partial charge in [0.25, 0.3) is 0 Å². The van der Waals surface area contributed by atoms with Crippen molar-refractivity contribution < 1.29 is 14.0 Å². The lowest BCUT2D eigenvalue weighted by atomic mass is 10.1. The molecule has 0 fully saturated rings. The smallest absolute Gasteiger partial charge is 0.126 e. The highest BCUT2D eigenvalue weighted by Gasteiger charge is 2.02. The molecule has 0 saturated heterocycles. The molecule has 12 heavy (non-hydrogen) atoms. The third-order valence-corrected chi connectivity index (χ3v) is 1.43. The molecule has 0 saturated carbocycles. The Balaban J connectivity index is 3.17. The van der Waals surface area contributed by atoms with E-state index in [1.807, 2.05) is 0 Å². The van der Waals surface area contributed by atoms with Crippen LogP contribution < -0.4 is 0 Å². The molecule has 0 aliphatic rings. The fourth-order valence-corrected chi connectivity index (χ4v) is 0.820. The van der Waals surface area contributed by atoms with E-state index in [0.29, 0.717) is 0 Å². The molecule has 2 nitrogen and oxygen atoms in total. The highest BCUT2D eigenvalue weighted by molar-refractivity contribution is 5.98. The number of nitrogens with zero attached hydrogens (tertiary/aromatic N) is 1. The maximum atomic E-state index is 12.5. The van der Waals surface area contributed by atoms with Crippen LogP contribution in [-0.4, -0.2) is 10.9 Å². The largest absolute Gasteiger partial charge is 0.411 e. The SMILES string of the molecule is C/C(=N\O)c1cc(F)cc(F)c1. The molecule has 1 N–H and O–H groups in total. The number of benzene rings is 1. The predicted molar refractivity (Wildman–Crippen MR) is 40.4 cm³/mol. The lowest BCUT2D eigenvalue weighted by Crippen LogP contribution is -1.96. The average molecular weight is 171 g/mol. The molecule has 0 bridgehead atoms. The Morgan fingerprint density at radius 3 is 2.17 bits per heavy atom. The fraction of sp³-hybridized carbons (Fsp3) is 0.125. The third-order valence-electron chi connectivity index (χ3n) is 1.43. The molecule has 0 aromatic heterocycles. The van der Waals surface area contributed by atoms with Gasteiger partial charge in [0.2, 0.25) is 0 Å². The van der Waals surface area contributed by atoms with Crippen molar-refractivity contribution in [2.45, 2.75) is 6.92 Å². The summed E-state index contributed by atoms with van der Waals surface area (Å²) in [6, 6.07) is 2.95. The molecule has 64 valence electrons. The van der Waals surface area contributed by atoms with Crippen LogP contribution in [-0.2, 0) is 0 Å². The molecule has 0 radical (unpaired) electrons. The number of hydrogen-bond donors (Lipinski definition) is 1. The first kappa shape index (κ1) is 8.64. The third kappa shape index (κ3) is 1.78. The topological polar surface area (TPSA) is 32.6 Å². The van der Waals surface area contributed by atoms with Crippen molar-refractivity contribution >= 4 is 5.71 Å². The second kappa shape index (κ2) is 3.30. The summed E-state index contributed by atoms with van der Waals surface area (Å²) in [5.74, 6) is -1.37. The molecule has 4 heteroatoms. The zero-order chi connectivity index (χ0) is 9.14. The Morgan fingerprint density at radius 2 is 1.75 bits per heavy atom. The van der Waals surface area contributed by atoms with E-state index in [4.69, 9.17) is 5.21 Å². The average Bonchev–Trinajstić information content (AvgIpc) is 2.01. The van der Waals surface area contributed by atoms with Gasteiger partial charge in [-0.3, -0.25) is 0 Å². The van der Waals surface area contributed by atoms with Crippen molar-refractivity contribution in [2.24, 2.45) is 5.16 Å². The van der Waals surface area contributed by atoms with E-state index in [2.05, 4.69) is 5.16 Å². The monoisotopic (exact) mass is 171 g/mol. The lowest BCUT2D eigenvalue weighted by molar-refractivity contribution is 0.319. The summed E-state index contributed by atoms with van der Waals surface area (Å²) in [5, 5.41) is 11.1. The minimum absolute atomic E-state index is 0.174. The Labute approximate surface area is 68.1 Å². The summed E-state index contributed by atoms with van der Waals surface area (Å²) < 4.78 is 25.1. The zero-order valence-electron chi connectivity index (χ0n) is 6.38. The van der Waals surface area contributed by atoms with Gasteiger partial charge >= 0.3 is 0 Å². The molecule has 1 rings (SSSR count). The van der Waals surface area contributed by atoms with Crippen molar-refractivity contribution in [1.82, 2.24) is 0 Å². The maximum Gasteiger partial charge on any atom is 0.126 e. The minimum Gasteiger partial charge on any atom is -0.411 e. The van der Waals surface area contributed by atoms with Gasteiger partial charge < -0.3 is 5.21 Å². The maximum absolute atomic E-state index is 12.5. The summed E-state index contributed by atoms with van der Waals surface area (Å²) in [7, 11) is 0. The highest BCUT2D eigenvalue weighted by atomic mass is 19.1. The number of halogens is 2. The van der Waals surface area contributed by atoms with Crippen LogP contribution in [0.4, 0.5) is 8.78 Å². The Hall–Kier alpha value is -1.45. The first-order valence-electron chi connectivity index (χ1n) is 3.28. The molecule has 0 aliphatic carbocycles. The molecule has 0 spiro atoms. The van der Waals surface area contributed by atoms with Crippen LogP contribution in [0.1, 0.15) is 12.5 Å². The van der Waals surface area contributed by atoms with Crippen LogP contribution in [0.2, 0.25) is 0 Å². The Kier molecular flexibility index (Phi) is 2.38. The first-order chi connectivity index (χ1) is 5.63. The van der Waals surface area contributed by atoms with E-state index in [1.165, 1.54) is 6.92 Å². The molecule has 1 aromatic carbocycles. The second-order valence-corrected chi connectivity index (χ2v) is 2.34. The number of oxime groups is 1. The quantitative estimate of drug-likeness (QED) is 0.392. The summed E-state index contributed by atoms with van der Waals surface area (Å²) >= 11 is 0. The molecular weight excluding hydrogens is 164 g/mol. The van der Waals surface area contributed by atoms with E-state index in [1.54, 1.807) is 0 Å². The first-order valence-corrected chi connectivity index (χ1v) is 3.28. The van der Waals surface area contributed by atoms with E-state index in [0.717, 1.165) is 18.2 Å². The molecule has 1 aromatic rings. The van der Waals surface area contributed by atoms with Crippen molar-refractivity contribution in [3.63, 3.8) is 0 Å². The van der Waals surface area contributed by atoms with Gasteiger partial charge in [-0.2, -0.15) is 0 Å². The zero-order valence-corrected chi connectivity index (χ0v) is 6.38. The van der Waals surface area contributed by atoms with Gasteiger partial charge in [-0.05, 0) is 19.1 Å². The normalized spacial score (nSPS) is 11.8. The van der Waals surface area contributed by atoms with Crippen molar-refractivity contribution in [3.8, 4) is 0 Å². The molecule has 0 atom stereocenters. The van der Waals surface area contributed by atoms with Crippen molar-refractivity contribution in [1.29, 1.82) is 0 Å². The van der Waals surface area contributed by atoms with E-state index in [-0.39, 0.29) is 11.3 Å². The summed E-state index contributed by atoms with van der Waals surface area (Å²) in [5.41, 5.74) is 0.406. The van der Waals surface area contributed by atoms with Crippen LogP contribution in [0.3, 0.4) is 0 Å². The van der Waals surface area contributed by atoms with Crippen LogP contribution >= 0.6 is 0 Å². The number of rotatable bonds is 1. The van der Waals surface area contributed by atoms with E-state index >= 15 is 0 Å². The van der Waals surface area contributed by atoms with Gasteiger partial charge in [-0.25, -0.2) is 8.78 Å². The van der Waals surface area contributed by atoms with Crippen LogP contribution in [0, 0.1) is 11.6 Å². The summed E-state index contributed by atoms with van der Waals surface area (Å²) in [6.07, 6.45) is 0. The lowest BCUT2D eigenvalue weighted by Gasteiger charge is -1.98. The highest BCUT2D eigenvalue weighted by Crippen LogP contribution is 2.08. The van der Waals surface area contributed by atoms with Gasteiger partial charge in [-0.15, -0.1) is 0 Å². The van der Waals surface area contributed by atoms with Gasteiger partial charge in [0.1, 0.15) is 11.6 Å². The van der Waals surface area contributed by atoms with Gasteiger partial charge in [0, 0.05) is 11.6 Å². The van der Waals surface area contributed by atoms with Crippen LogP contribution in [0.25, 0.3) is 0 Å². The fourth-order valence-electron chi connectivity index (χ4n) is 0.820. The minimum atomic E-state index is -0.687. The van der Waals surface area contributed by atoms with Crippen LogP contribution in [0.5, 0.6) is 0 Å². The summed E-state index contributed by atoms with van der Waals surface area (Å²) in [4.78, 5) is 0. The van der Waals surface area contributed by atoms with Crippen molar-refractivity contribution in [3.05, 3.63) is 35.4 Å². The molecule has 0 heterocycles. The Morgan fingerprint density at radius 1 is 1.25 bits per heavy atom. The second-order valence-electron chi connectivity index (χ2n) is 2.34. The van der Waals surface area contributed by atoms with Gasteiger partial charge in [0.05, 0.1) is 5.71 Å². The molecule has 0 aliphatic heterocycles. The standard InChI is InChI=1S/C8H7F2NO/c1-5(11-12)6-2-7(9)4-8(10)3-6/h2-4,12H,1H3/b11-5+. The Bertz CT molecular complexity index is 303. The molecule has 0 unspecified atom stereocenters. The predicted octanol–water partition coefficient (Wildman–Crippen LogP) is 2.16. The summed E-state index contributed by atoms with van der Waals surface area (Å²) in [6.45, 7) is 1.45. The van der Waals surface area contributed by atoms with E-state index in [9.17, 15) is 8.78 Å². The van der Waals surface area contributed by atoms with Gasteiger partial charge in [0.15, 0.2) is 0 Å². The molecular formula is C8H7F2NO. The molecule has 0 amide bonds. The van der Waals surface area contributed by atoms with Crippen LogP contribution in [0.15, 0.2) is 23.4 Å². The van der Waals surface area contributed by atoms with Crippen molar-refractivity contribution in [2.75, 3.05) is 0 Å². The van der Waals surface area contributed by atoms with Gasteiger partial charge in [-0.1, -0.05) is 5.16 Å². The van der Waals surface area contributed by atoms with E-state index < -0.39 is 11.6 Å².